The van der Waals surface area contributed by atoms with Gasteiger partial charge in [0, 0.05) is 19.2 Å². The molecule has 1 atom stereocenters. The lowest BCUT2D eigenvalue weighted by atomic mass is 10.3. The first kappa shape index (κ1) is 10.3. The van der Waals surface area contributed by atoms with E-state index in [4.69, 9.17) is 9.47 Å². The van der Waals surface area contributed by atoms with Crippen molar-refractivity contribution in [3.63, 3.8) is 0 Å². The van der Waals surface area contributed by atoms with Crippen molar-refractivity contribution in [1.29, 1.82) is 0 Å². The van der Waals surface area contributed by atoms with E-state index in [1.807, 2.05) is 7.05 Å². The Bertz CT molecular complexity index is 313. The summed E-state index contributed by atoms with van der Waals surface area (Å²) in [6, 6.07) is 0. The van der Waals surface area contributed by atoms with E-state index < -0.39 is 0 Å². The molecule has 82 valence electrons. The highest BCUT2D eigenvalue weighted by Crippen LogP contribution is 2.13. The predicted molar refractivity (Wildman–Crippen MR) is 54.6 cm³/mol. The third-order valence-corrected chi connectivity index (χ3v) is 2.20. The van der Waals surface area contributed by atoms with Crippen molar-refractivity contribution in [2.45, 2.75) is 19.1 Å². The van der Waals surface area contributed by atoms with E-state index in [1.165, 1.54) is 0 Å². The minimum absolute atomic E-state index is 0.129. The van der Waals surface area contributed by atoms with Gasteiger partial charge in [-0.25, -0.2) is 4.98 Å². The summed E-state index contributed by atoms with van der Waals surface area (Å²) in [6.07, 6.45) is 4.42. The maximum Gasteiger partial charge on any atom is 0.232 e. The Morgan fingerprint density at radius 3 is 3.27 bits per heavy atom. The lowest BCUT2D eigenvalue weighted by Crippen LogP contribution is -2.17. The van der Waals surface area contributed by atoms with Gasteiger partial charge in [0.05, 0.1) is 25.1 Å². The molecular formula is C10H15N3O2. The summed E-state index contributed by atoms with van der Waals surface area (Å²) in [6.45, 7) is 2.12. The molecule has 1 saturated heterocycles. The minimum Gasteiger partial charge on any atom is -0.471 e. The van der Waals surface area contributed by atoms with Crippen LogP contribution >= 0.6 is 0 Å². The molecule has 1 unspecified atom stereocenters. The highest BCUT2D eigenvalue weighted by Gasteiger charge is 2.17. The van der Waals surface area contributed by atoms with Crippen molar-refractivity contribution in [2.75, 3.05) is 20.3 Å². The van der Waals surface area contributed by atoms with E-state index in [-0.39, 0.29) is 6.10 Å². The predicted octanol–water partition coefficient (Wildman–Crippen LogP) is 0.364. The molecule has 1 N–H and O–H groups in total. The van der Waals surface area contributed by atoms with Crippen LogP contribution in [0.1, 0.15) is 12.1 Å². The molecule has 2 heterocycles. The van der Waals surface area contributed by atoms with Crippen molar-refractivity contribution in [1.82, 2.24) is 15.3 Å². The van der Waals surface area contributed by atoms with Gasteiger partial charge >= 0.3 is 0 Å². The Hall–Kier alpha value is -1.20. The van der Waals surface area contributed by atoms with E-state index in [1.54, 1.807) is 12.4 Å². The van der Waals surface area contributed by atoms with Crippen LogP contribution in [0.15, 0.2) is 12.4 Å². The molecule has 1 aliphatic heterocycles. The van der Waals surface area contributed by atoms with Crippen LogP contribution in [-0.2, 0) is 11.3 Å². The van der Waals surface area contributed by atoms with Gasteiger partial charge < -0.3 is 14.8 Å². The second kappa shape index (κ2) is 5.04. The molecule has 0 aromatic carbocycles. The van der Waals surface area contributed by atoms with Crippen molar-refractivity contribution < 1.29 is 9.47 Å². The van der Waals surface area contributed by atoms with Crippen LogP contribution in [0, 0.1) is 0 Å². The van der Waals surface area contributed by atoms with Gasteiger partial charge in [0.1, 0.15) is 6.10 Å². The van der Waals surface area contributed by atoms with Gasteiger partial charge in [0.15, 0.2) is 0 Å². The zero-order valence-electron chi connectivity index (χ0n) is 8.77. The summed E-state index contributed by atoms with van der Waals surface area (Å²) in [5.74, 6) is 0.582. The fourth-order valence-electron chi connectivity index (χ4n) is 1.49. The number of ether oxygens (including phenoxy) is 2. The fourth-order valence-corrected chi connectivity index (χ4v) is 1.49. The quantitative estimate of drug-likeness (QED) is 0.776. The molecule has 0 bridgehead atoms. The maximum absolute atomic E-state index is 5.64. The number of nitrogens with zero attached hydrogens (tertiary/aromatic N) is 2. The first-order valence-corrected chi connectivity index (χ1v) is 5.08. The SMILES string of the molecule is CNCc1cncc(OC2CCOC2)n1. The highest BCUT2D eigenvalue weighted by molar-refractivity contribution is 5.08. The third kappa shape index (κ3) is 2.87. The number of aromatic nitrogens is 2. The largest absolute Gasteiger partial charge is 0.471 e. The Morgan fingerprint density at radius 2 is 2.53 bits per heavy atom. The number of hydrogen-bond acceptors (Lipinski definition) is 5. The average molecular weight is 209 g/mol. The zero-order chi connectivity index (χ0) is 10.5. The van der Waals surface area contributed by atoms with Gasteiger partial charge in [-0.2, -0.15) is 0 Å². The Morgan fingerprint density at radius 1 is 1.60 bits per heavy atom. The van der Waals surface area contributed by atoms with Crippen molar-refractivity contribution in [3.05, 3.63) is 18.1 Å². The monoisotopic (exact) mass is 209 g/mol. The second-order valence-corrected chi connectivity index (χ2v) is 3.48. The molecule has 0 saturated carbocycles. The second-order valence-electron chi connectivity index (χ2n) is 3.48. The smallest absolute Gasteiger partial charge is 0.232 e. The molecule has 5 nitrogen and oxygen atoms in total. The Kier molecular flexibility index (Phi) is 3.47. The minimum atomic E-state index is 0.129. The van der Waals surface area contributed by atoms with Crippen molar-refractivity contribution >= 4 is 0 Å². The van der Waals surface area contributed by atoms with E-state index >= 15 is 0 Å². The standard InChI is InChI=1S/C10H15N3O2/c1-11-4-8-5-12-6-10(13-8)15-9-2-3-14-7-9/h5-6,9,11H,2-4,7H2,1H3. The summed E-state index contributed by atoms with van der Waals surface area (Å²) in [5, 5.41) is 3.02. The molecule has 1 fully saturated rings. The van der Waals surface area contributed by atoms with Crippen LogP contribution in [0.5, 0.6) is 5.88 Å². The maximum atomic E-state index is 5.64. The van der Waals surface area contributed by atoms with E-state index in [9.17, 15) is 0 Å². The molecule has 0 radical (unpaired) electrons. The topological polar surface area (TPSA) is 56.3 Å². The highest BCUT2D eigenvalue weighted by atomic mass is 16.5. The summed E-state index contributed by atoms with van der Waals surface area (Å²) in [7, 11) is 1.88. The molecule has 1 aromatic heterocycles. The van der Waals surface area contributed by atoms with Crippen LogP contribution in [0.25, 0.3) is 0 Å². The fraction of sp³-hybridized carbons (Fsp3) is 0.600. The number of hydrogen-bond donors (Lipinski definition) is 1. The third-order valence-electron chi connectivity index (χ3n) is 2.20. The first-order valence-electron chi connectivity index (χ1n) is 5.08. The number of nitrogens with one attached hydrogen (secondary N) is 1. The summed E-state index contributed by atoms with van der Waals surface area (Å²) < 4.78 is 10.9. The van der Waals surface area contributed by atoms with Crippen LogP contribution in [-0.4, -0.2) is 36.3 Å². The summed E-state index contributed by atoms with van der Waals surface area (Å²) in [4.78, 5) is 8.40. The van der Waals surface area contributed by atoms with Crippen LogP contribution in [0.3, 0.4) is 0 Å². The van der Waals surface area contributed by atoms with Gasteiger partial charge in [-0.3, -0.25) is 4.98 Å². The van der Waals surface area contributed by atoms with Gasteiger partial charge in [-0.1, -0.05) is 0 Å². The molecular weight excluding hydrogens is 194 g/mol. The first-order chi connectivity index (χ1) is 7.38. The molecule has 0 aliphatic carbocycles. The summed E-state index contributed by atoms with van der Waals surface area (Å²) in [5.41, 5.74) is 0.883. The van der Waals surface area contributed by atoms with Gasteiger partial charge in [0.25, 0.3) is 0 Å². The van der Waals surface area contributed by atoms with Crippen LogP contribution in [0.4, 0.5) is 0 Å². The molecule has 15 heavy (non-hydrogen) atoms. The normalized spacial score (nSPS) is 20.5. The summed E-state index contributed by atoms with van der Waals surface area (Å²) >= 11 is 0. The van der Waals surface area contributed by atoms with Crippen molar-refractivity contribution in [2.24, 2.45) is 0 Å². The molecule has 0 amide bonds. The average Bonchev–Trinajstić information content (AvgIpc) is 2.71. The number of rotatable bonds is 4. The lowest BCUT2D eigenvalue weighted by molar-refractivity contribution is 0.137. The van der Waals surface area contributed by atoms with Gasteiger partial charge in [0.2, 0.25) is 5.88 Å². The molecule has 2 rings (SSSR count). The van der Waals surface area contributed by atoms with Gasteiger partial charge in [-0.05, 0) is 7.05 Å². The molecule has 1 aromatic rings. The van der Waals surface area contributed by atoms with E-state index in [0.717, 1.165) is 18.7 Å². The Labute approximate surface area is 88.8 Å². The zero-order valence-corrected chi connectivity index (χ0v) is 8.77. The molecule has 0 spiro atoms. The molecule has 1 aliphatic rings. The Balaban J connectivity index is 1.97. The van der Waals surface area contributed by atoms with Crippen molar-refractivity contribution in [3.8, 4) is 5.88 Å². The van der Waals surface area contributed by atoms with Crippen LogP contribution < -0.4 is 10.1 Å². The lowest BCUT2D eigenvalue weighted by Gasteiger charge is -2.10. The van der Waals surface area contributed by atoms with Crippen LogP contribution in [0.2, 0.25) is 0 Å². The molecule has 5 heteroatoms. The van der Waals surface area contributed by atoms with E-state index in [0.29, 0.717) is 19.0 Å². The van der Waals surface area contributed by atoms with Gasteiger partial charge in [-0.15, -0.1) is 0 Å². The van der Waals surface area contributed by atoms with E-state index in [2.05, 4.69) is 15.3 Å².